The van der Waals surface area contributed by atoms with Crippen LogP contribution in [0.2, 0.25) is 0 Å². The molecule has 0 aliphatic carbocycles. The molecule has 2 unspecified atom stereocenters. The molecule has 0 saturated carbocycles. The summed E-state index contributed by atoms with van der Waals surface area (Å²) in [6.45, 7) is 8.96. The molecule has 2 heterocycles. The predicted molar refractivity (Wildman–Crippen MR) is 84.2 cm³/mol. The van der Waals surface area contributed by atoms with Gasteiger partial charge in [-0.15, -0.1) is 0 Å². The molecule has 0 bridgehead atoms. The number of hydrogen-bond acceptors (Lipinski definition) is 4. The molecule has 1 saturated heterocycles. The predicted octanol–water partition coefficient (Wildman–Crippen LogP) is 2.93. The van der Waals surface area contributed by atoms with Crippen molar-refractivity contribution in [3.8, 4) is 0 Å². The summed E-state index contributed by atoms with van der Waals surface area (Å²) >= 11 is 0. The zero-order chi connectivity index (χ0) is 15.0. The second-order valence-corrected chi connectivity index (χ2v) is 6.68. The summed E-state index contributed by atoms with van der Waals surface area (Å²) in [5, 5.41) is 1.11. The van der Waals surface area contributed by atoms with E-state index in [0.717, 1.165) is 36.4 Å². The molecule has 2 aromatic rings. The number of fused-ring (bicyclic) bond motifs is 1. The molecular formula is C17H24N2O2. The highest BCUT2D eigenvalue weighted by Gasteiger charge is 2.32. The molecule has 3 rings (SSSR count). The highest BCUT2D eigenvalue weighted by Crippen LogP contribution is 2.26. The van der Waals surface area contributed by atoms with Crippen LogP contribution < -0.4 is 5.73 Å². The van der Waals surface area contributed by atoms with Crippen molar-refractivity contribution in [3.63, 3.8) is 0 Å². The fourth-order valence-corrected chi connectivity index (χ4v) is 3.28. The van der Waals surface area contributed by atoms with Crippen LogP contribution in [0.25, 0.3) is 11.0 Å². The van der Waals surface area contributed by atoms with E-state index in [2.05, 4.69) is 37.8 Å². The first-order valence-electron chi connectivity index (χ1n) is 7.57. The number of benzene rings is 1. The van der Waals surface area contributed by atoms with E-state index < -0.39 is 0 Å². The largest absolute Gasteiger partial charge is 0.459 e. The summed E-state index contributed by atoms with van der Waals surface area (Å²) in [4.78, 5) is 2.37. The highest BCUT2D eigenvalue weighted by atomic mass is 16.5. The first-order valence-corrected chi connectivity index (χ1v) is 7.57. The molecule has 1 aromatic carbocycles. The van der Waals surface area contributed by atoms with Gasteiger partial charge in [0.25, 0.3) is 0 Å². The van der Waals surface area contributed by atoms with Crippen LogP contribution in [0.15, 0.2) is 34.7 Å². The smallest absolute Gasteiger partial charge is 0.134 e. The summed E-state index contributed by atoms with van der Waals surface area (Å²) in [5.74, 6) is 0.855. The minimum absolute atomic E-state index is 0.113. The van der Waals surface area contributed by atoms with Crippen LogP contribution >= 0.6 is 0 Å². The van der Waals surface area contributed by atoms with E-state index in [-0.39, 0.29) is 17.7 Å². The molecule has 0 amide bonds. The van der Waals surface area contributed by atoms with Crippen LogP contribution in [0.4, 0.5) is 0 Å². The zero-order valence-electron chi connectivity index (χ0n) is 13.0. The lowest BCUT2D eigenvalue weighted by Gasteiger charge is -2.42. The molecule has 1 fully saturated rings. The first kappa shape index (κ1) is 14.6. The van der Waals surface area contributed by atoms with Gasteiger partial charge in [-0.3, -0.25) is 4.90 Å². The van der Waals surface area contributed by atoms with Crippen molar-refractivity contribution in [3.05, 3.63) is 36.1 Å². The fraction of sp³-hybridized carbons (Fsp3) is 0.529. The van der Waals surface area contributed by atoms with Crippen molar-refractivity contribution in [1.29, 1.82) is 0 Å². The number of morpholine rings is 1. The summed E-state index contributed by atoms with van der Waals surface area (Å²) in [6, 6.07) is 9.96. The molecule has 114 valence electrons. The Bertz CT molecular complexity index is 587. The van der Waals surface area contributed by atoms with Crippen molar-refractivity contribution in [2.24, 2.45) is 5.73 Å². The number of ether oxygens (including phenoxy) is 1. The summed E-state index contributed by atoms with van der Waals surface area (Å²) < 4.78 is 11.8. The van der Waals surface area contributed by atoms with Gasteiger partial charge >= 0.3 is 0 Å². The van der Waals surface area contributed by atoms with Crippen LogP contribution in [0.3, 0.4) is 0 Å². The Kier molecular flexibility index (Phi) is 3.78. The van der Waals surface area contributed by atoms with Crippen molar-refractivity contribution < 1.29 is 9.15 Å². The minimum Gasteiger partial charge on any atom is -0.459 e. The highest BCUT2D eigenvalue weighted by molar-refractivity contribution is 5.77. The lowest BCUT2D eigenvalue weighted by atomic mass is 10.0. The average Bonchev–Trinajstić information content (AvgIpc) is 2.79. The van der Waals surface area contributed by atoms with Gasteiger partial charge in [-0.2, -0.15) is 0 Å². The van der Waals surface area contributed by atoms with E-state index in [1.807, 2.05) is 18.2 Å². The summed E-state index contributed by atoms with van der Waals surface area (Å²) in [5.41, 5.74) is 7.13. The molecule has 1 aliphatic rings. The second kappa shape index (κ2) is 5.44. The maximum atomic E-state index is 6.35. The average molecular weight is 288 g/mol. The van der Waals surface area contributed by atoms with Crippen molar-refractivity contribution in [2.75, 3.05) is 19.6 Å². The normalized spacial score (nSPS) is 24.3. The third kappa shape index (κ3) is 3.28. The zero-order valence-corrected chi connectivity index (χ0v) is 13.0. The van der Waals surface area contributed by atoms with Crippen molar-refractivity contribution >= 4 is 11.0 Å². The van der Waals surface area contributed by atoms with Crippen LogP contribution in [0.1, 0.15) is 32.6 Å². The van der Waals surface area contributed by atoms with Crippen LogP contribution in [0, 0.1) is 0 Å². The van der Waals surface area contributed by atoms with Gasteiger partial charge in [0.1, 0.15) is 11.3 Å². The number of furan rings is 1. The molecule has 2 atom stereocenters. The maximum Gasteiger partial charge on any atom is 0.134 e. The van der Waals surface area contributed by atoms with Gasteiger partial charge in [-0.05, 0) is 32.9 Å². The Morgan fingerprint density at radius 1 is 1.38 bits per heavy atom. The molecule has 0 spiro atoms. The van der Waals surface area contributed by atoms with Crippen LogP contribution in [-0.2, 0) is 4.74 Å². The number of nitrogens with zero attached hydrogens (tertiary/aromatic N) is 1. The Labute approximate surface area is 125 Å². The van der Waals surface area contributed by atoms with Gasteiger partial charge in [-0.25, -0.2) is 0 Å². The Balaban J connectivity index is 1.72. The Hall–Kier alpha value is -1.36. The quantitative estimate of drug-likeness (QED) is 0.943. The standard InChI is InChI=1S/C17H24N2O2/c1-12-9-19(11-17(2,3)21-12)10-14(18)16-8-13-6-4-5-7-15(13)20-16/h4-8,12,14H,9-11,18H2,1-3H3. The van der Waals surface area contributed by atoms with E-state index in [0.29, 0.717) is 0 Å². The molecule has 4 heteroatoms. The molecule has 1 aromatic heterocycles. The van der Waals surface area contributed by atoms with E-state index in [1.54, 1.807) is 0 Å². The van der Waals surface area contributed by atoms with Gasteiger partial charge in [0.05, 0.1) is 17.7 Å². The second-order valence-electron chi connectivity index (χ2n) is 6.68. The summed E-state index contributed by atoms with van der Waals surface area (Å²) in [7, 11) is 0. The third-order valence-electron chi connectivity index (χ3n) is 3.90. The lowest BCUT2D eigenvalue weighted by molar-refractivity contribution is -0.129. The van der Waals surface area contributed by atoms with E-state index in [9.17, 15) is 0 Å². The van der Waals surface area contributed by atoms with Gasteiger partial charge in [-0.1, -0.05) is 18.2 Å². The number of rotatable bonds is 3. The first-order chi connectivity index (χ1) is 9.93. The van der Waals surface area contributed by atoms with Crippen molar-refractivity contribution in [2.45, 2.75) is 38.5 Å². The maximum absolute atomic E-state index is 6.35. The molecule has 2 N–H and O–H groups in total. The summed E-state index contributed by atoms with van der Waals surface area (Å²) in [6.07, 6.45) is 0.233. The van der Waals surface area contributed by atoms with Crippen molar-refractivity contribution in [1.82, 2.24) is 4.90 Å². The van der Waals surface area contributed by atoms with E-state index in [4.69, 9.17) is 14.9 Å². The molecule has 0 radical (unpaired) electrons. The number of nitrogens with two attached hydrogens (primary N) is 1. The van der Waals surface area contributed by atoms with E-state index in [1.165, 1.54) is 0 Å². The SMILES string of the molecule is CC1CN(CC(N)c2cc3ccccc3o2)CC(C)(C)O1. The number of hydrogen-bond donors (Lipinski definition) is 1. The fourth-order valence-electron chi connectivity index (χ4n) is 3.28. The topological polar surface area (TPSA) is 51.6 Å². The van der Waals surface area contributed by atoms with Gasteiger partial charge in [0.2, 0.25) is 0 Å². The molecule has 4 nitrogen and oxygen atoms in total. The van der Waals surface area contributed by atoms with Gasteiger partial charge in [0, 0.05) is 25.0 Å². The van der Waals surface area contributed by atoms with Crippen LogP contribution in [-0.4, -0.2) is 36.2 Å². The van der Waals surface area contributed by atoms with Gasteiger partial charge < -0.3 is 14.9 Å². The Morgan fingerprint density at radius 2 is 2.14 bits per heavy atom. The third-order valence-corrected chi connectivity index (χ3v) is 3.90. The molecule has 21 heavy (non-hydrogen) atoms. The van der Waals surface area contributed by atoms with E-state index >= 15 is 0 Å². The van der Waals surface area contributed by atoms with Gasteiger partial charge in [0.15, 0.2) is 0 Å². The Morgan fingerprint density at radius 3 is 2.86 bits per heavy atom. The molecule has 1 aliphatic heterocycles. The van der Waals surface area contributed by atoms with Crippen LogP contribution in [0.5, 0.6) is 0 Å². The number of para-hydroxylation sites is 1. The minimum atomic E-state index is -0.120. The monoisotopic (exact) mass is 288 g/mol. The lowest BCUT2D eigenvalue weighted by Crippen LogP contribution is -2.53. The molecular weight excluding hydrogens is 264 g/mol.